The smallest absolute Gasteiger partial charge is 0.497 e. The molecule has 0 spiro atoms. The van der Waals surface area contributed by atoms with Crippen molar-refractivity contribution in [3.63, 3.8) is 0 Å². The highest BCUT2D eigenvalue weighted by Gasteiger charge is 2.34. The molecule has 1 aliphatic heterocycles. The molecule has 4 rings (SSSR count). The van der Waals surface area contributed by atoms with Gasteiger partial charge in [-0.25, -0.2) is 14.3 Å². The van der Waals surface area contributed by atoms with Crippen LogP contribution in [0.15, 0.2) is 53.3 Å². The molecule has 0 fully saturated rings. The zero-order valence-corrected chi connectivity index (χ0v) is 15.6. The molecule has 0 aliphatic carbocycles. The Kier molecular flexibility index (Phi) is 4.72. The van der Waals surface area contributed by atoms with Gasteiger partial charge in [-0.1, -0.05) is 18.2 Å². The van der Waals surface area contributed by atoms with Gasteiger partial charge in [0.2, 0.25) is 0 Å². The Bertz CT molecular complexity index is 1170. The van der Waals surface area contributed by atoms with Crippen molar-refractivity contribution in [2.45, 2.75) is 19.5 Å². The average molecular weight is 420 g/mol. The van der Waals surface area contributed by atoms with Gasteiger partial charge in [0, 0.05) is 11.8 Å². The van der Waals surface area contributed by atoms with Gasteiger partial charge in [0.15, 0.2) is 5.82 Å². The lowest BCUT2D eigenvalue weighted by Gasteiger charge is -2.15. The van der Waals surface area contributed by atoms with E-state index in [0.29, 0.717) is 17.0 Å². The number of halogens is 3. The lowest BCUT2D eigenvalue weighted by atomic mass is 10.2. The average Bonchev–Trinajstić information content (AvgIpc) is 3.17. The Labute approximate surface area is 167 Å². The van der Waals surface area contributed by atoms with Crippen molar-refractivity contribution in [1.29, 1.82) is 0 Å². The fourth-order valence-corrected chi connectivity index (χ4v) is 3.17. The van der Waals surface area contributed by atoms with Crippen molar-refractivity contribution >= 4 is 11.7 Å². The highest BCUT2D eigenvalue weighted by atomic mass is 19.4. The maximum absolute atomic E-state index is 12.7. The van der Waals surface area contributed by atoms with E-state index in [-0.39, 0.29) is 18.9 Å². The minimum Gasteiger partial charge on any atom is -0.497 e. The van der Waals surface area contributed by atoms with E-state index in [1.807, 2.05) is 0 Å². The molecule has 1 aliphatic rings. The minimum atomic E-state index is -4.82. The number of anilines is 1. The number of hydrogen-bond acceptors (Lipinski definition) is 5. The van der Waals surface area contributed by atoms with Crippen molar-refractivity contribution in [2.24, 2.45) is 0 Å². The number of carbonyl (C=O) groups excluding carboxylic acids is 1. The quantitative estimate of drug-likeness (QED) is 0.634. The van der Waals surface area contributed by atoms with Crippen LogP contribution < -0.4 is 20.1 Å². The molecule has 2 heterocycles. The van der Waals surface area contributed by atoms with Crippen LogP contribution >= 0.6 is 0 Å². The molecule has 156 valence electrons. The maximum Gasteiger partial charge on any atom is 0.573 e. The van der Waals surface area contributed by atoms with Gasteiger partial charge in [0.25, 0.3) is 0 Å². The molecule has 0 bridgehead atoms. The van der Waals surface area contributed by atoms with Crippen molar-refractivity contribution in [1.82, 2.24) is 14.3 Å². The summed E-state index contributed by atoms with van der Waals surface area (Å²) < 4.78 is 48.2. The normalized spacial score (nSPS) is 13.5. The van der Waals surface area contributed by atoms with E-state index in [1.54, 1.807) is 24.3 Å². The molecule has 30 heavy (non-hydrogen) atoms. The third kappa shape index (κ3) is 3.73. The van der Waals surface area contributed by atoms with E-state index in [9.17, 15) is 22.8 Å². The number of amides is 1. The zero-order valence-electron chi connectivity index (χ0n) is 15.6. The van der Waals surface area contributed by atoms with Crippen LogP contribution in [0, 0.1) is 0 Å². The molecule has 0 saturated carbocycles. The summed E-state index contributed by atoms with van der Waals surface area (Å²) in [5.41, 5.74) is 0.239. The molecule has 1 aromatic heterocycles. The van der Waals surface area contributed by atoms with Crippen LogP contribution in [0.1, 0.15) is 11.4 Å². The second-order valence-corrected chi connectivity index (χ2v) is 6.46. The first-order valence-corrected chi connectivity index (χ1v) is 8.74. The first-order valence-electron chi connectivity index (χ1n) is 8.74. The third-order valence-corrected chi connectivity index (χ3v) is 4.46. The summed E-state index contributed by atoms with van der Waals surface area (Å²) in [6.45, 7) is -0.0359. The topological polar surface area (TPSA) is 78.6 Å². The number of rotatable bonds is 5. The Morgan fingerprint density at radius 2 is 1.80 bits per heavy atom. The fraction of sp³-hybridized carbons (Fsp3) is 0.211. The summed E-state index contributed by atoms with van der Waals surface area (Å²) in [7, 11) is 1.50. The molecule has 0 N–H and O–H groups in total. The maximum atomic E-state index is 12.7. The van der Waals surface area contributed by atoms with Crippen LogP contribution in [0.3, 0.4) is 0 Å². The number of ether oxygens (including phenoxy) is 2. The number of benzene rings is 2. The van der Waals surface area contributed by atoms with Gasteiger partial charge in [0.1, 0.15) is 11.5 Å². The van der Waals surface area contributed by atoms with E-state index in [0.717, 1.165) is 21.4 Å². The molecular formula is C19H15F3N4O4. The van der Waals surface area contributed by atoms with E-state index in [4.69, 9.17) is 4.74 Å². The predicted molar refractivity (Wildman–Crippen MR) is 98.7 cm³/mol. The Morgan fingerprint density at radius 1 is 1.07 bits per heavy atom. The SMILES string of the molecule is COc1cccc(N2Cc3nn(Cc4cccc(OC(F)(F)F)c4)c(=O)n3C2=O)c1. The van der Waals surface area contributed by atoms with E-state index in [2.05, 4.69) is 9.84 Å². The number of carbonyl (C=O) groups is 1. The van der Waals surface area contributed by atoms with Gasteiger partial charge in [-0.05, 0) is 29.8 Å². The number of aromatic nitrogens is 3. The second-order valence-electron chi connectivity index (χ2n) is 6.46. The molecule has 0 saturated heterocycles. The first kappa shape index (κ1) is 19.6. The van der Waals surface area contributed by atoms with Gasteiger partial charge >= 0.3 is 18.1 Å². The van der Waals surface area contributed by atoms with Gasteiger partial charge in [-0.15, -0.1) is 13.2 Å². The Balaban J connectivity index is 1.57. The lowest BCUT2D eigenvalue weighted by Crippen LogP contribution is -2.35. The van der Waals surface area contributed by atoms with E-state index >= 15 is 0 Å². The summed E-state index contributed by atoms with van der Waals surface area (Å²) >= 11 is 0. The molecule has 1 amide bonds. The summed E-state index contributed by atoms with van der Waals surface area (Å²) in [5.74, 6) is 0.388. The van der Waals surface area contributed by atoms with Crippen LogP contribution in [0.5, 0.6) is 11.5 Å². The van der Waals surface area contributed by atoms with E-state index in [1.165, 1.54) is 24.1 Å². The van der Waals surface area contributed by atoms with Crippen LogP contribution in [-0.4, -0.2) is 33.9 Å². The summed E-state index contributed by atoms with van der Waals surface area (Å²) in [4.78, 5) is 26.8. The van der Waals surface area contributed by atoms with Crippen molar-refractivity contribution in [3.05, 3.63) is 70.4 Å². The highest BCUT2D eigenvalue weighted by Crippen LogP contribution is 2.26. The Hall–Kier alpha value is -3.76. The number of alkyl halides is 3. The molecule has 8 nitrogen and oxygen atoms in total. The molecule has 2 aromatic carbocycles. The van der Waals surface area contributed by atoms with Crippen LogP contribution in [0.25, 0.3) is 0 Å². The summed E-state index contributed by atoms with van der Waals surface area (Å²) in [6.07, 6.45) is -4.82. The van der Waals surface area contributed by atoms with Crippen LogP contribution in [0.2, 0.25) is 0 Å². The minimum absolute atomic E-state index is 0.0749. The number of fused-ring (bicyclic) bond motifs is 1. The van der Waals surface area contributed by atoms with Gasteiger partial charge in [0.05, 0.1) is 20.2 Å². The predicted octanol–water partition coefficient (Wildman–Crippen LogP) is 2.99. The zero-order chi connectivity index (χ0) is 21.5. The molecule has 11 heteroatoms. The van der Waals surface area contributed by atoms with Crippen molar-refractivity contribution in [2.75, 3.05) is 12.0 Å². The highest BCUT2D eigenvalue weighted by molar-refractivity contribution is 5.96. The fourth-order valence-electron chi connectivity index (χ4n) is 3.17. The monoisotopic (exact) mass is 420 g/mol. The second kappa shape index (κ2) is 7.25. The lowest BCUT2D eigenvalue weighted by molar-refractivity contribution is -0.274. The van der Waals surface area contributed by atoms with Crippen LogP contribution in [-0.2, 0) is 13.1 Å². The largest absolute Gasteiger partial charge is 0.573 e. The third-order valence-electron chi connectivity index (χ3n) is 4.46. The summed E-state index contributed by atoms with van der Waals surface area (Å²) in [5, 5.41) is 4.17. The number of nitrogens with zero attached hydrogens (tertiary/aromatic N) is 4. The molecule has 0 atom stereocenters. The number of hydrogen-bond donors (Lipinski definition) is 0. The Morgan fingerprint density at radius 3 is 2.50 bits per heavy atom. The van der Waals surface area contributed by atoms with Crippen LogP contribution in [0.4, 0.5) is 23.7 Å². The molecule has 0 unspecified atom stereocenters. The van der Waals surface area contributed by atoms with Gasteiger partial charge < -0.3 is 9.47 Å². The molecular weight excluding hydrogens is 405 g/mol. The van der Waals surface area contributed by atoms with Crippen molar-refractivity contribution < 1.29 is 27.4 Å². The first-order chi connectivity index (χ1) is 14.2. The standard InChI is InChI=1S/C19H15F3N4O4/c1-29-14-6-3-5-13(9-14)24-11-16-23-25(18(28)26(16)17(24)27)10-12-4-2-7-15(8-12)30-19(20,21)22/h2-9H,10-11H2,1H3. The van der Waals surface area contributed by atoms with Crippen molar-refractivity contribution in [3.8, 4) is 11.5 Å². The van der Waals surface area contributed by atoms with Gasteiger partial charge in [-0.2, -0.15) is 9.67 Å². The summed E-state index contributed by atoms with van der Waals surface area (Å²) in [6, 6.07) is 11.5. The van der Waals surface area contributed by atoms with Gasteiger partial charge in [-0.3, -0.25) is 4.90 Å². The van der Waals surface area contributed by atoms with E-state index < -0.39 is 23.8 Å². The molecule has 0 radical (unpaired) electrons. The molecule has 3 aromatic rings. The number of methoxy groups -OCH3 is 1.